The van der Waals surface area contributed by atoms with E-state index in [9.17, 15) is 5.11 Å². The van der Waals surface area contributed by atoms with Crippen molar-refractivity contribution < 1.29 is 9.84 Å². The Morgan fingerprint density at radius 1 is 1.20 bits per heavy atom. The molecule has 20 heavy (non-hydrogen) atoms. The lowest BCUT2D eigenvalue weighted by atomic mass is 10.1. The number of nitrogens with one attached hydrogen (secondary N) is 1. The molecular formula is C17H21NO2. The summed E-state index contributed by atoms with van der Waals surface area (Å²) in [5.41, 5.74) is 3.17. The standard InChI is InChI=1S/C17H21NO2/c1-12-8-9-16(19)14(10-12)11-18-13(2)15-6-4-5-7-17(15)20-3/h4-10,13,18-19H,11H2,1-3H3. The van der Waals surface area contributed by atoms with Crippen molar-refractivity contribution in [3.8, 4) is 11.5 Å². The first-order chi connectivity index (χ1) is 9.61. The third-order valence-electron chi connectivity index (χ3n) is 3.44. The highest BCUT2D eigenvalue weighted by molar-refractivity contribution is 5.37. The van der Waals surface area contributed by atoms with Gasteiger partial charge in [0.15, 0.2) is 0 Å². The van der Waals surface area contributed by atoms with Crippen molar-refractivity contribution in [1.29, 1.82) is 0 Å². The molecule has 2 rings (SSSR count). The van der Waals surface area contributed by atoms with Crippen LogP contribution in [0.15, 0.2) is 42.5 Å². The average molecular weight is 271 g/mol. The second-order valence-corrected chi connectivity index (χ2v) is 4.98. The molecule has 0 aromatic heterocycles. The van der Waals surface area contributed by atoms with Crippen molar-refractivity contribution in [2.45, 2.75) is 26.4 Å². The van der Waals surface area contributed by atoms with Crippen LogP contribution in [0.2, 0.25) is 0 Å². The predicted molar refractivity (Wildman–Crippen MR) is 81.1 cm³/mol. The summed E-state index contributed by atoms with van der Waals surface area (Å²) in [5, 5.41) is 13.3. The van der Waals surface area contributed by atoms with E-state index < -0.39 is 0 Å². The van der Waals surface area contributed by atoms with E-state index in [-0.39, 0.29) is 6.04 Å². The Labute approximate surface area is 120 Å². The Bertz CT molecular complexity index is 581. The molecule has 3 nitrogen and oxygen atoms in total. The van der Waals surface area contributed by atoms with E-state index in [0.717, 1.165) is 22.4 Å². The molecule has 0 radical (unpaired) electrons. The van der Waals surface area contributed by atoms with Crippen LogP contribution in [-0.2, 0) is 6.54 Å². The van der Waals surface area contributed by atoms with Gasteiger partial charge in [-0.15, -0.1) is 0 Å². The molecule has 0 heterocycles. The van der Waals surface area contributed by atoms with Crippen LogP contribution in [0.4, 0.5) is 0 Å². The maximum atomic E-state index is 9.85. The number of para-hydroxylation sites is 1. The summed E-state index contributed by atoms with van der Waals surface area (Å²) >= 11 is 0. The summed E-state index contributed by atoms with van der Waals surface area (Å²) < 4.78 is 5.37. The van der Waals surface area contributed by atoms with Gasteiger partial charge in [0, 0.05) is 23.7 Å². The summed E-state index contributed by atoms with van der Waals surface area (Å²) in [6.45, 7) is 4.73. The van der Waals surface area contributed by atoms with E-state index in [1.807, 2.05) is 43.3 Å². The number of ether oxygens (including phenoxy) is 1. The van der Waals surface area contributed by atoms with Crippen molar-refractivity contribution in [2.75, 3.05) is 7.11 Å². The minimum atomic E-state index is 0.145. The van der Waals surface area contributed by atoms with Crippen molar-refractivity contribution >= 4 is 0 Å². The molecule has 2 aromatic carbocycles. The van der Waals surface area contributed by atoms with Gasteiger partial charge in [-0.25, -0.2) is 0 Å². The lowest BCUT2D eigenvalue weighted by molar-refractivity contribution is 0.401. The highest BCUT2D eigenvalue weighted by Crippen LogP contribution is 2.25. The van der Waals surface area contributed by atoms with Gasteiger partial charge in [-0.05, 0) is 26.0 Å². The van der Waals surface area contributed by atoms with Gasteiger partial charge in [-0.2, -0.15) is 0 Å². The number of aryl methyl sites for hydroxylation is 1. The number of methoxy groups -OCH3 is 1. The molecule has 2 aromatic rings. The Balaban J connectivity index is 2.08. The Hall–Kier alpha value is -2.00. The van der Waals surface area contributed by atoms with Crippen LogP contribution >= 0.6 is 0 Å². The third-order valence-corrected chi connectivity index (χ3v) is 3.44. The molecule has 0 aliphatic carbocycles. The lowest BCUT2D eigenvalue weighted by Crippen LogP contribution is -2.18. The molecule has 0 bridgehead atoms. The molecule has 3 heteroatoms. The second-order valence-electron chi connectivity index (χ2n) is 4.98. The number of rotatable bonds is 5. The summed E-state index contributed by atoms with van der Waals surface area (Å²) in [6.07, 6.45) is 0. The number of benzene rings is 2. The van der Waals surface area contributed by atoms with Crippen LogP contribution in [0.25, 0.3) is 0 Å². The van der Waals surface area contributed by atoms with Gasteiger partial charge < -0.3 is 15.2 Å². The van der Waals surface area contributed by atoms with Crippen molar-refractivity contribution in [1.82, 2.24) is 5.32 Å². The van der Waals surface area contributed by atoms with Gasteiger partial charge in [0.05, 0.1) is 7.11 Å². The maximum Gasteiger partial charge on any atom is 0.123 e. The van der Waals surface area contributed by atoms with Crippen LogP contribution in [0.5, 0.6) is 11.5 Å². The molecule has 0 amide bonds. The predicted octanol–water partition coefficient (Wildman–Crippen LogP) is 3.56. The van der Waals surface area contributed by atoms with Crippen molar-refractivity contribution in [2.24, 2.45) is 0 Å². The third kappa shape index (κ3) is 3.31. The van der Waals surface area contributed by atoms with Crippen LogP contribution in [0, 0.1) is 6.92 Å². The van der Waals surface area contributed by atoms with E-state index >= 15 is 0 Å². The summed E-state index contributed by atoms with van der Waals surface area (Å²) in [5.74, 6) is 1.20. The second kappa shape index (κ2) is 6.44. The Kier molecular flexibility index (Phi) is 4.64. The minimum absolute atomic E-state index is 0.145. The zero-order chi connectivity index (χ0) is 14.5. The van der Waals surface area contributed by atoms with Crippen LogP contribution in [-0.4, -0.2) is 12.2 Å². The molecule has 0 aliphatic heterocycles. The molecule has 0 spiro atoms. The molecule has 2 N–H and O–H groups in total. The van der Waals surface area contributed by atoms with Crippen LogP contribution in [0.1, 0.15) is 29.7 Å². The number of phenols is 1. The first-order valence-corrected chi connectivity index (χ1v) is 6.76. The molecule has 0 saturated carbocycles. The van der Waals surface area contributed by atoms with E-state index in [2.05, 4.69) is 12.2 Å². The minimum Gasteiger partial charge on any atom is -0.508 e. The summed E-state index contributed by atoms with van der Waals surface area (Å²) in [4.78, 5) is 0. The summed E-state index contributed by atoms with van der Waals surface area (Å²) in [6, 6.07) is 13.7. The molecule has 1 unspecified atom stereocenters. The SMILES string of the molecule is COc1ccccc1C(C)NCc1cc(C)ccc1O. The maximum absolute atomic E-state index is 9.85. The largest absolute Gasteiger partial charge is 0.508 e. The van der Waals surface area contributed by atoms with E-state index in [1.54, 1.807) is 13.2 Å². The van der Waals surface area contributed by atoms with Gasteiger partial charge in [0.2, 0.25) is 0 Å². The fourth-order valence-corrected chi connectivity index (χ4v) is 2.25. The Morgan fingerprint density at radius 2 is 1.95 bits per heavy atom. The van der Waals surface area contributed by atoms with Gasteiger partial charge >= 0.3 is 0 Å². The van der Waals surface area contributed by atoms with Crippen LogP contribution < -0.4 is 10.1 Å². The first-order valence-electron chi connectivity index (χ1n) is 6.76. The number of hydrogen-bond acceptors (Lipinski definition) is 3. The fourth-order valence-electron chi connectivity index (χ4n) is 2.25. The number of hydrogen-bond donors (Lipinski definition) is 2. The fraction of sp³-hybridized carbons (Fsp3) is 0.294. The number of phenolic OH excluding ortho intramolecular Hbond substituents is 1. The van der Waals surface area contributed by atoms with Gasteiger partial charge in [-0.1, -0.05) is 35.9 Å². The molecule has 0 aliphatic rings. The first kappa shape index (κ1) is 14.4. The smallest absolute Gasteiger partial charge is 0.123 e. The van der Waals surface area contributed by atoms with E-state index in [0.29, 0.717) is 12.3 Å². The highest BCUT2D eigenvalue weighted by atomic mass is 16.5. The molecule has 1 atom stereocenters. The van der Waals surface area contributed by atoms with E-state index in [1.165, 1.54) is 0 Å². The van der Waals surface area contributed by atoms with Crippen molar-refractivity contribution in [3.05, 3.63) is 59.2 Å². The van der Waals surface area contributed by atoms with Crippen LogP contribution in [0.3, 0.4) is 0 Å². The molecule has 0 saturated heterocycles. The van der Waals surface area contributed by atoms with Gasteiger partial charge in [0.1, 0.15) is 11.5 Å². The van der Waals surface area contributed by atoms with Gasteiger partial charge in [-0.3, -0.25) is 0 Å². The monoisotopic (exact) mass is 271 g/mol. The quantitative estimate of drug-likeness (QED) is 0.873. The highest BCUT2D eigenvalue weighted by Gasteiger charge is 2.11. The summed E-state index contributed by atoms with van der Waals surface area (Å²) in [7, 11) is 1.68. The number of aromatic hydroxyl groups is 1. The average Bonchev–Trinajstić information content (AvgIpc) is 2.47. The Morgan fingerprint density at radius 3 is 2.70 bits per heavy atom. The van der Waals surface area contributed by atoms with Gasteiger partial charge in [0.25, 0.3) is 0 Å². The van der Waals surface area contributed by atoms with Crippen molar-refractivity contribution in [3.63, 3.8) is 0 Å². The zero-order valence-corrected chi connectivity index (χ0v) is 12.2. The lowest BCUT2D eigenvalue weighted by Gasteiger charge is -2.17. The molecule has 0 fully saturated rings. The molecule has 106 valence electrons. The normalized spacial score (nSPS) is 12.2. The topological polar surface area (TPSA) is 41.5 Å². The molecular weight excluding hydrogens is 250 g/mol. The zero-order valence-electron chi connectivity index (χ0n) is 12.2. The van der Waals surface area contributed by atoms with E-state index in [4.69, 9.17) is 4.74 Å².